The van der Waals surface area contributed by atoms with Gasteiger partial charge in [0.15, 0.2) is 0 Å². The van der Waals surface area contributed by atoms with Crippen LogP contribution in [-0.2, 0) is 27.7 Å². The molecular weight excluding hydrogens is 454 g/mol. The second-order valence-electron chi connectivity index (χ2n) is 8.01. The van der Waals surface area contributed by atoms with Gasteiger partial charge in [-0.1, -0.05) is 18.2 Å². The molecule has 0 amide bonds. The average molecular weight is 478 g/mol. The maximum absolute atomic E-state index is 12.2. The first-order valence-corrected chi connectivity index (χ1v) is 12.2. The highest BCUT2D eigenvalue weighted by Crippen LogP contribution is 2.33. The van der Waals surface area contributed by atoms with E-state index in [1.807, 2.05) is 18.2 Å². The third kappa shape index (κ3) is 3.91. The van der Waals surface area contributed by atoms with Gasteiger partial charge in [-0.05, 0) is 42.4 Å². The zero-order valence-corrected chi connectivity index (χ0v) is 19.5. The van der Waals surface area contributed by atoms with Gasteiger partial charge in [0, 0.05) is 54.1 Å². The quantitative estimate of drug-likeness (QED) is 0.425. The zero-order valence-electron chi connectivity index (χ0n) is 18.7. The lowest BCUT2D eigenvalue weighted by Gasteiger charge is -2.27. The van der Waals surface area contributed by atoms with Crippen molar-refractivity contribution in [1.29, 1.82) is 0 Å². The molecule has 0 saturated heterocycles. The molecule has 9 nitrogen and oxygen atoms in total. The largest absolute Gasteiger partial charge is 0.465 e. The summed E-state index contributed by atoms with van der Waals surface area (Å²) in [5.41, 5.74) is 5.41. The fourth-order valence-electron chi connectivity index (χ4n) is 4.23. The van der Waals surface area contributed by atoms with Gasteiger partial charge in [0.1, 0.15) is 0 Å². The van der Waals surface area contributed by atoms with Crippen LogP contribution in [0.15, 0.2) is 59.8 Å². The number of anilines is 1. The molecule has 3 heterocycles. The number of benzene rings is 2. The Morgan fingerprint density at radius 1 is 1.12 bits per heavy atom. The van der Waals surface area contributed by atoms with E-state index in [1.54, 1.807) is 18.2 Å². The number of aromatic nitrogens is 3. The third-order valence-electron chi connectivity index (χ3n) is 6.06. The highest BCUT2D eigenvalue weighted by Gasteiger charge is 2.23. The molecule has 2 N–H and O–H groups in total. The Labute approximate surface area is 196 Å². The van der Waals surface area contributed by atoms with E-state index in [-0.39, 0.29) is 4.90 Å². The van der Waals surface area contributed by atoms with Gasteiger partial charge in [-0.3, -0.25) is 0 Å². The molecule has 2 aromatic heterocycles. The van der Waals surface area contributed by atoms with Crippen molar-refractivity contribution in [2.75, 3.05) is 25.6 Å². The number of nitrogens with one attached hydrogen (secondary N) is 2. The summed E-state index contributed by atoms with van der Waals surface area (Å²) < 4.78 is 31.5. The first-order chi connectivity index (χ1) is 16.4. The minimum atomic E-state index is -3.53. The van der Waals surface area contributed by atoms with Crippen molar-refractivity contribution in [2.45, 2.75) is 17.9 Å². The number of fused-ring (bicyclic) bond motifs is 3. The van der Waals surface area contributed by atoms with Gasteiger partial charge >= 0.3 is 5.97 Å². The van der Waals surface area contributed by atoms with Crippen LogP contribution in [0.4, 0.5) is 5.95 Å². The molecule has 0 saturated carbocycles. The second kappa shape index (κ2) is 8.54. The number of hydrogen-bond donors (Lipinski definition) is 2. The number of rotatable bonds is 5. The number of carbonyl (C=O) groups is 1. The Kier molecular flexibility index (Phi) is 5.54. The first kappa shape index (κ1) is 22.1. The average Bonchev–Trinajstić information content (AvgIpc) is 3.25. The molecule has 0 aliphatic carbocycles. The Hall–Kier alpha value is -3.76. The summed E-state index contributed by atoms with van der Waals surface area (Å²) in [4.78, 5) is 26.2. The van der Waals surface area contributed by atoms with E-state index in [2.05, 4.69) is 30.6 Å². The molecule has 5 rings (SSSR count). The van der Waals surface area contributed by atoms with Crippen molar-refractivity contribution in [3.05, 3.63) is 71.7 Å². The van der Waals surface area contributed by atoms with Gasteiger partial charge in [0.05, 0.1) is 17.6 Å². The summed E-state index contributed by atoms with van der Waals surface area (Å²) in [7, 11) is -0.804. The summed E-state index contributed by atoms with van der Waals surface area (Å²) in [6, 6.07) is 13.0. The third-order valence-corrected chi connectivity index (χ3v) is 7.48. The number of ether oxygens (including phenoxy) is 1. The van der Waals surface area contributed by atoms with Crippen LogP contribution in [0.5, 0.6) is 0 Å². The van der Waals surface area contributed by atoms with E-state index < -0.39 is 16.0 Å². The van der Waals surface area contributed by atoms with Crippen LogP contribution in [0, 0.1) is 0 Å². The molecule has 0 fully saturated rings. The lowest BCUT2D eigenvalue weighted by atomic mass is 10.00. The van der Waals surface area contributed by atoms with Crippen molar-refractivity contribution in [1.82, 2.24) is 19.7 Å². The highest BCUT2D eigenvalue weighted by atomic mass is 32.2. The number of carbonyl (C=O) groups excluding carboxylic acids is 1. The van der Waals surface area contributed by atoms with E-state index in [1.165, 1.54) is 32.2 Å². The van der Waals surface area contributed by atoms with E-state index in [9.17, 15) is 13.2 Å². The number of hydrogen-bond acceptors (Lipinski definition) is 7. The molecule has 174 valence electrons. The monoisotopic (exact) mass is 477 g/mol. The lowest BCUT2D eigenvalue weighted by molar-refractivity contribution is 0.0599. The number of esters is 1. The molecule has 10 heteroatoms. The lowest BCUT2D eigenvalue weighted by Crippen LogP contribution is -2.31. The number of nitrogens with zero attached hydrogens (tertiary/aromatic N) is 3. The van der Waals surface area contributed by atoms with Gasteiger partial charge in [0.2, 0.25) is 16.0 Å². The maximum atomic E-state index is 12.2. The molecule has 2 aromatic carbocycles. The SMILES string of the molecule is CNS(=O)(=O)c1cccc(-c2ccc3[nH]c4c(c3c2)CN(c2ncc(C(=O)OC)cn2)CC4)c1. The summed E-state index contributed by atoms with van der Waals surface area (Å²) in [5.74, 6) is 0.0806. The van der Waals surface area contributed by atoms with E-state index in [4.69, 9.17) is 4.74 Å². The molecule has 34 heavy (non-hydrogen) atoms. The minimum Gasteiger partial charge on any atom is -0.465 e. The maximum Gasteiger partial charge on any atom is 0.341 e. The van der Waals surface area contributed by atoms with Crippen LogP contribution in [0.25, 0.3) is 22.0 Å². The van der Waals surface area contributed by atoms with Crippen LogP contribution in [0.3, 0.4) is 0 Å². The van der Waals surface area contributed by atoms with Gasteiger partial charge in [-0.2, -0.15) is 0 Å². The Morgan fingerprint density at radius 2 is 1.88 bits per heavy atom. The standard InChI is InChI=1S/C24H23N5O4S/c1-25-34(31,32)18-5-3-4-15(10-18)16-6-7-21-19(11-16)20-14-29(9-8-22(20)28-21)24-26-12-17(13-27-24)23(30)33-2/h3-7,10-13,25,28H,8-9,14H2,1-2H3. The van der Waals surface area contributed by atoms with Crippen LogP contribution in [0.2, 0.25) is 0 Å². The van der Waals surface area contributed by atoms with E-state index in [0.717, 1.165) is 40.6 Å². The minimum absolute atomic E-state index is 0.224. The molecule has 0 unspecified atom stereocenters. The Morgan fingerprint density at radius 3 is 2.62 bits per heavy atom. The van der Waals surface area contributed by atoms with Crippen molar-refractivity contribution < 1.29 is 17.9 Å². The molecule has 0 radical (unpaired) electrons. The Bertz CT molecular complexity index is 1500. The smallest absolute Gasteiger partial charge is 0.341 e. The van der Waals surface area contributed by atoms with Gasteiger partial charge in [-0.15, -0.1) is 0 Å². The molecular formula is C24H23N5O4S. The fraction of sp³-hybridized carbons (Fsp3) is 0.208. The van der Waals surface area contributed by atoms with Crippen molar-refractivity contribution in [3.63, 3.8) is 0 Å². The molecule has 1 aliphatic rings. The normalized spacial score (nSPS) is 13.6. The topological polar surface area (TPSA) is 117 Å². The van der Waals surface area contributed by atoms with E-state index in [0.29, 0.717) is 18.1 Å². The number of methoxy groups -OCH3 is 1. The van der Waals surface area contributed by atoms with E-state index >= 15 is 0 Å². The molecule has 0 spiro atoms. The van der Waals surface area contributed by atoms with Crippen LogP contribution in [0.1, 0.15) is 21.6 Å². The number of sulfonamides is 1. The highest BCUT2D eigenvalue weighted by molar-refractivity contribution is 7.89. The molecule has 0 bridgehead atoms. The van der Waals surface area contributed by atoms with Gasteiger partial charge < -0.3 is 14.6 Å². The number of H-pyrrole nitrogens is 1. The zero-order chi connectivity index (χ0) is 23.9. The molecule has 4 aromatic rings. The van der Waals surface area contributed by atoms with Crippen LogP contribution in [-0.4, -0.2) is 50.0 Å². The van der Waals surface area contributed by atoms with Crippen molar-refractivity contribution >= 4 is 32.8 Å². The first-order valence-electron chi connectivity index (χ1n) is 10.7. The van der Waals surface area contributed by atoms with Crippen LogP contribution >= 0.6 is 0 Å². The summed E-state index contributed by atoms with van der Waals surface area (Å²) in [5, 5.41) is 1.07. The van der Waals surface area contributed by atoms with Gasteiger partial charge in [0.25, 0.3) is 0 Å². The molecule has 0 atom stereocenters. The summed E-state index contributed by atoms with van der Waals surface area (Å²) in [6.07, 6.45) is 3.75. The van der Waals surface area contributed by atoms with Gasteiger partial charge in [-0.25, -0.2) is 27.9 Å². The van der Waals surface area contributed by atoms with Crippen LogP contribution < -0.4 is 9.62 Å². The predicted molar refractivity (Wildman–Crippen MR) is 128 cm³/mol. The second-order valence-corrected chi connectivity index (χ2v) is 9.90. The fourth-order valence-corrected chi connectivity index (χ4v) is 5.01. The number of aromatic amines is 1. The molecule has 1 aliphatic heterocycles. The van der Waals surface area contributed by atoms with Crippen molar-refractivity contribution in [2.24, 2.45) is 0 Å². The summed E-state index contributed by atoms with van der Waals surface area (Å²) >= 11 is 0. The summed E-state index contributed by atoms with van der Waals surface area (Å²) in [6.45, 7) is 1.36. The Balaban J connectivity index is 1.48. The van der Waals surface area contributed by atoms with Crippen molar-refractivity contribution in [3.8, 4) is 11.1 Å². The predicted octanol–water partition coefficient (Wildman–Crippen LogP) is 2.88.